The minimum Gasteiger partial charge on any atom is -0.856 e. The molecule has 6 heterocycles. The molecule has 39 heteroatoms. The summed E-state index contributed by atoms with van der Waals surface area (Å²) < 4.78 is 74.8. The Hall–Kier alpha value is -2.73. The van der Waals surface area contributed by atoms with E-state index in [2.05, 4.69) is 56.9 Å². The fourth-order valence-electron chi connectivity index (χ4n) is 5.79. The summed E-state index contributed by atoms with van der Waals surface area (Å²) in [5.74, 6) is -2.38. The molecule has 0 spiro atoms. The summed E-state index contributed by atoms with van der Waals surface area (Å²) in [4.78, 5) is 52.4. The molecule has 0 aliphatic carbocycles. The Morgan fingerprint density at radius 3 is 1.51 bits per heavy atom. The first-order valence-corrected chi connectivity index (χ1v) is 23.4. The van der Waals surface area contributed by atoms with Crippen LogP contribution in [0.3, 0.4) is 0 Å². The van der Waals surface area contributed by atoms with Gasteiger partial charge in [0.25, 0.3) is 27.5 Å². The Bertz CT molecular complexity index is 2260. The molecule has 61 heavy (non-hydrogen) atoms. The third kappa shape index (κ3) is 11.5. The smallest absolute Gasteiger partial charge is 0.309 e. The van der Waals surface area contributed by atoms with Crippen LogP contribution in [0.2, 0.25) is 0 Å². The minimum absolute atomic E-state index is 0. The molecule has 24 N–H and O–H groups in total. The monoisotopic (exact) mass is 996 g/mol. The van der Waals surface area contributed by atoms with Gasteiger partial charge in [-0.15, -0.1) is 0 Å². The molecule has 4 unspecified atom stereocenters. The summed E-state index contributed by atoms with van der Waals surface area (Å²) >= 11 is 8.96. The molecule has 2 fully saturated rings. The van der Waals surface area contributed by atoms with Crippen molar-refractivity contribution >= 4 is 87.4 Å². The van der Waals surface area contributed by atoms with Crippen LogP contribution in [0.5, 0.6) is 11.8 Å². The molecule has 4 aromatic rings. The highest BCUT2D eigenvalue weighted by molar-refractivity contribution is 8.33. The summed E-state index contributed by atoms with van der Waals surface area (Å²) in [6, 6.07) is 0. The van der Waals surface area contributed by atoms with E-state index in [1.54, 1.807) is 0 Å². The first-order chi connectivity index (χ1) is 26.3. The summed E-state index contributed by atoms with van der Waals surface area (Å²) in [5, 5.41) is 66.9. The lowest BCUT2D eigenvalue weighted by molar-refractivity contribution is -0.746. The standard InChI is InChI=1S/C22H32N10O19P4S2.4H3N/c1-29-5-31(15-9(29)17(37)27-21(23)25-15)19-13(35)11(33)7(47-19)3-45-54(43,56)50-52(39,40)49-53(41,42)51-55(44,57)46-4-8-12(34)14(36)20(48-8)32-6-30(2)10-16(32)26-22(24)28-18(10)38;;;;/h5-8,11-14,19-20,33-36H,3-4H2,1-2H3,(H8-2,23,24,25,26,27,28,37,38,39,40,41,42,43,44,56,57);4*1H3/t7-,8-,11-,12-,13-,14-,19-,20-,54?,55?;;;;/m1..../s1. The second-order valence-corrected chi connectivity index (χ2v) is 20.8. The highest BCUT2D eigenvalue weighted by atomic mass is 32.7. The van der Waals surface area contributed by atoms with Crippen LogP contribution in [-0.2, 0) is 83.3 Å². The maximum atomic E-state index is 12.7. The molecule has 33 nitrogen and oxygen atoms in total. The number of quaternary nitrogens is 4. The first kappa shape index (κ1) is 54.4. The zero-order chi connectivity index (χ0) is 42.2. The molecule has 2 saturated heterocycles. The molecule has 2 aliphatic rings. The molecule has 0 amide bonds. The third-order valence-corrected chi connectivity index (χ3v) is 15.7. The number of anilines is 2. The number of rotatable bonds is 14. The number of ether oxygens (including phenoxy) is 2. The number of aliphatic hydroxyl groups excluding tert-OH is 4. The number of nitrogen functional groups attached to an aromatic ring is 2. The molecule has 348 valence electrons. The summed E-state index contributed by atoms with van der Waals surface area (Å²) in [7, 11) is -9.84. The Balaban J connectivity index is 0.00000320. The largest absolute Gasteiger partial charge is 0.856 e. The number of phosphoric acid groups is 2. The number of aryl methyl sites for hydroxylation is 2. The van der Waals surface area contributed by atoms with Crippen LogP contribution in [0.1, 0.15) is 12.5 Å². The van der Waals surface area contributed by atoms with Gasteiger partial charge >= 0.3 is 11.3 Å². The second kappa shape index (κ2) is 19.6. The van der Waals surface area contributed by atoms with Crippen molar-refractivity contribution < 1.29 is 99.6 Å². The average Bonchev–Trinajstić information content (AvgIpc) is 3.74. The molecule has 6 rings (SSSR count). The number of nitrogens with zero attached hydrogens (tertiary/aromatic N) is 8. The molecule has 0 saturated carbocycles. The van der Waals surface area contributed by atoms with Gasteiger partial charge in [0.15, 0.2) is 23.7 Å². The molecule has 12 atom stereocenters. The highest BCUT2D eigenvalue weighted by Crippen LogP contribution is 2.68. The summed E-state index contributed by atoms with van der Waals surface area (Å²) in [5.41, 5.74) is 10.8. The van der Waals surface area contributed by atoms with Crippen LogP contribution in [0, 0.1) is 0 Å². The normalized spacial score (nSPS) is 27.7. The van der Waals surface area contributed by atoms with E-state index in [4.69, 9.17) is 30.0 Å². The predicted octanol–water partition coefficient (Wildman–Crippen LogP) is -5.16. The van der Waals surface area contributed by atoms with Crippen LogP contribution in [-0.4, -0.2) is 99.3 Å². The van der Waals surface area contributed by atoms with E-state index < -0.39 is 115 Å². The third-order valence-electron chi connectivity index (χ3n) is 8.11. The van der Waals surface area contributed by atoms with E-state index in [0.717, 1.165) is 9.13 Å². The van der Waals surface area contributed by atoms with Crippen molar-refractivity contribution in [2.75, 3.05) is 24.7 Å². The Labute approximate surface area is 352 Å². The van der Waals surface area contributed by atoms with E-state index in [1.165, 1.54) is 35.9 Å². The Morgan fingerprint density at radius 1 is 0.721 bits per heavy atom. The number of fused-ring (bicyclic) bond motifs is 2. The van der Waals surface area contributed by atoms with Gasteiger partial charge in [0, 0.05) is 11.8 Å². The first-order valence-electron chi connectivity index (χ1n) is 15.4. The van der Waals surface area contributed by atoms with Gasteiger partial charge in [-0.2, -0.15) is 0 Å². The van der Waals surface area contributed by atoms with Gasteiger partial charge in [0.2, 0.25) is 19.3 Å². The molecular weight excluding hydrogens is 952 g/mol. The van der Waals surface area contributed by atoms with Crippen molar-refractivity contribution in [1.82, 2.24) is 53.7 Å². The van der Waals surface area contributed by atoms with Crippen LogP contribution in [0.4, 0.5) is 11.9 Å². The molecule has 0 radical (unpaired) electrons. The molecular formula is C22H44N14O19P4S2. The topological polar surface area (TPSA) is 579 Å². The maximum Gasteiger partial charge on any atom is 0.309 e. The van der Waals surface area contributed by atoms with Crippen molar-refractivity contribution in [2.24, 2.45) is 14.1 Å². The van der Waals surface area contributed by atoms with E-state index in [0.29, 0.717) is 0 Å². The average molecular weight is 997 g/mol. The number of aromatic nitrogens is 8. The quantitative estimate of drug-likeness (QED) is 0.0321. The maximum absolute atomic E-state index is 12.7. The van der Waals surface area contributed by atoms with Crippen molar-refractivity contribution in [3.05, 3.63) is 12.7 Å². The zero-order valence-electron chi connectivity index (χ0n) is 32.4. The number of imidazole rings is 2. The lowest BCUT2D eigenvalue weighted by atomic mass is 10.1. The minimum atomic E-state index is -6.35. The SMILES string of the molecule is Cn1c[n+]([C@@H]2O[C@H](COP(=O)([S-])OP(=O)([O-])OP(=O)([O-])OP([O-])(=S)OC[C@H]3O[C@@H]([n+]4cn(C)c5c([O-])nc(N)nc54)[C@H](O)[C@@H]3O)[C@@H](O)[C@H]2O)c2nc(N)nc([O-])c21.[NH4+].[NH4+].[NH4+].[NH4+]. The summed E-state index contributed by atoms with van der Waals surface area (Å²) in [6.07, 6.45) is -10.8. The van der Waals surface area contributed by atoms with Crippen molar-refractivity contribution in [3.8, 4) is 11.8 Å². The lowest BCUT2D eigenvalue weighted by Gasteiger charge is -2.38. The Morgan fingerprint density at radius 2 is 1.10 bits per heavy atom. The van der Waals surface area contributed by atoms with Crippen LogP contribution in [0.15, 0.2) is 12.7 Å². The van der Waals surface area contributed by atoms with Crippen LogP contribution in [0.25, 0.3) is 22.3 Å². The van der Waals surface area contributed by atoms with Gasteiger partial charge in [-0.25, -0.2) is 23.4 Å². The van der Waals surface area contributed by atoms with Crippen LogP contribution >= 0.6 is 29.2 Å². The predicted molar refractivity (Wildman–Crippen MR) is 201 cm³/mol. The van der Waals surface area contributed by atoms with Gasteiger partial charge in [-0.05, 0) is 0 Å². The van der Waals surface area contributed by atoms with Gasteiger partial charge in [-0.3, -0.25) is 31.5 Å². The van der Waals surface area contributed by atoms with E-state index in [9.17, 15) is 59.0 Å². The highest BCUT2D eigenvalue weighted by Gasteiger charge is 2.49. The van der Waals surface area contributed by atoms with E-state index >= 15 is 0 Å². The molecule has 4 aromatic heterocycles. The zero-order valence-corrected chi connectivity index (χ0v) is 37.6. The van der Waals surface area contributed by atoms with Gasteiger partial charge in [0.1, 0.15) is 43.3 Å². The molecule has 0 bridgehead atoms. The fourth-order valence-corrected chi connectivity index (χ4v) is 12.4. The van der Waals surface area contributed by atoms with E-state index in [1.807, 2.05) is 0 Å². The number of aliphatic hydroxyl groups is 4. The summed E-state index contributed by atoms with van der Waals surface area (Å²) in [6.45, 7) is -12.7. The van der Waals surface area contributed by atoms with Crippen molar-refractivity contribution in [1.29, 1.82) is 0 Å². The van der Waals surface area contributed by atoms with Gasteiger partial charge < -0.3 is 112 Å². The Kier molecular flexibility index (Phi) is 17.5. The van der Waals surface area contributed by atoms with E-state index in [-0.39, 0.29) is 46.9 Å². The lowest BCUT2D eigenvalue weighted by Crippen LogP contribution is -2.46. The van der Waals surface area contributed by atoms with Gasteiger partial charge in [0.05, 0.1) is 27.3 Å². The fraction of sp³-hybridized carbons (Fsp3) is 0.545. The van der Waals surface area contributed by atoms with Crippen LogP contribution < -0.4 is 70.1 Å². The van der Waals surface area contributed by atoms with Gasteiger partial charge in [-0.1, -0.05) is 21.8 Å². The number of hydrogen-bond donors (Lipinski definition) is 10. The number of hydrogen-bond acceptors (Lipinski definition) is 27. The molecule has 0 aromatic carbocycles. The molecule has 2 aliphatic heterocycles. The second-order valence-electron chi connectivity index (χ2n) is 12.1. The van der Waals surface area contributed by atoms with Crippen molar-refractivity contribution in [3.63, 3.8) is 0 Å². The van der Waals surface area contributed by atoms with Crippen molar-refractivity contribution in [2.45, 2.75) is 49.1 Å². The number of nitrogens with two attached hydrogens (primary N) is 2.